The molecule has 4 nitrogen and oxygen atoms in total. The van der Waals surface area contributed by atoms with E-state index in [1.807, 2.05) is 18.2 Å². The number of fused-ring (bicyclic) bond motifs is 1. The maximum Gasteiger partial charge on any atom is 0.242 e. The molecule has 108 valence electrons. The summed E-state index contributed by atoms with van der Waals surface area (Å²) in [7, 11) is 0. The highest BCUT2D eigenvalue weighted by Crippen LogP contribution is 2.24. The normalized spacial score (nSPS) is 29.6. The Morgan fingerprint density at radius 3 is 2.90 bits per heavy atom. The van der Waals surface area contributed by atoms with Crippen LogP contribution in [0.15, 0.2) is 24.3 Å². The van der Waals surface area contributed by atoms with E-state index >= 15 is 0 Å². The van der Waals surface area contributed by atoms with Gasteiger partial charge in [0.2, 0.25) is 5.91 Å². The van der Waals surface area contributed by atoms with Crippen LogP contribution < -0.4 is 10.6 Å². The van der Waals surface area contributed by atoms with E-state index in [0.29, 0.717) is 0 Å². The molecule has 1 amide bonds. The summed E-state index contributed by atoms with van der Waals surface area (Å²) in [4.78, 5) is 12.5. The van der Waals surface area contributed by atoms with Gasteiger partial charge in [0.15, 0.2) is 0 Å². The number of carbonyl (C=O) groups excluding carboxylic acids is 1. The summed E-state index contributed by atoms with van der Waals surface area (Å²) >= 11 is 0. The molecule has 4 heteroatoms. The average Bonchev–Trinajstić information content (AvgIpc) is 2.49. The zero-order valence-corrected chi connectivity index (χ0v) is 11.6. The minimum Gasteiger partial charge on any atom is -0.391 e. The molecule has 20 heavy (non-hydrogen) atoms. The van der Waals surface area contributed by atoms with Crippen molar-refractivity contribution in [3.05, 3.63) is 35.4 Å². The molecule has 0 spiro atoms. The third-order valence-electron chi connectivity index (χ3n) is 4.43. The molecule has 1 heterocycles. The number of aliphatic hydroxyl groups is 1. The first-order chi connectivity index (χ1) is 9.75. The van der Waals surface area contributed by atoms with Gasteiger partial charge >= 0.3 is 0 Å². The van der Waals surface area contributed by atoms with Crippen molar-refractivity contribution in [2.45, 2.75) is 50.3 Å². The summed E-state index contributed by atoms with van der Waals surface area (Å²) in [6.45, 7) is 0.822. The third-order valence-corrected chi connectivity index (χ3v) is 4.43. The van der Waals surface area contributed by atoms with Crippen molar-refractivity contribution in [2.24, 2.45) is 0 Å². The number of aliphatic hydroxyl groups excluding tert-OH is 1. The summed E-state index contributed by atoms with van der Waals surface area (Å²) in [5.41, 5.74) is 2.32. The number of amides is 1. The fraction of sp³-hybridized carbons (Fsp3) is 0.562. The van der Waals surface area contributed by atoms with Crippen LogP contribution in [0, 0.1) is 0 Å². The van der Waals surface area contributed by atoms with Crippen LogP contribution >= 0.6 is 0 Å². The quantitative estimate of drug-likeness (QED) is 0.761. The van der Waals surface area contributed by atoms with Crippen molar-refractivity contribution < 1.29 is 9.90 Å². The van der Waals surface area contributed by atoms with Gasteiger partial charge in [-0.05, 0) is 30.4 Å². The van der Waals surface area contributed by atoms with Crippen molar-refractivity contribution in [2.75, 3.05) is 6.54 Å². The lowest BCUT2D eigenvalue weighted by Crippen LogP contribution is -2.50. The Labute approximate surface area is 119 Å². The van der Waals surface area contributed by atoms with Gasteiger partial charge < -0.3 is 15.7 Å². The largest absolute Gasteiger partial charge is 0.391 e. The van der Waals surface area contributed by atoms with Crippen LogP contribution in [0.2, 0.25) is 0 Å². The Morgan fingerprint density at radius 2 is 2.05 bits per heavy atom. The molecule has 3 atom stereocenters. The molecule has 0 saturated heterocycles. The van der Waals surface area contributed by atoms with E-state index in [1.165, 1.54) is 5.56 Å². The van der Waals surface area contributed by atoms with E-state index in [2.05, 4.69) is 16.7 Å². The second kappa shape index (κ2) is 5.94. The van der Waals surface area contributed by atoms with Crippen molar-refractivity contribution >= 4 is 5.91 Å². The van der Waals surface area contributed by atoms with Gasteiger partial charge in [0.05, 0.1) is 12.1 Å². The van der Waals surface area contributed by atoms with Crippen LogP contribution in [-0.2, 0) is 11.2 Å². The highest BCUT2D eigenvalue weighted by molar-refractivity contribution is 5.84. The molecule has 1 aliphatic carbocycles. The highest BCUT2D eigenvalue weighted by Gasteiger charge is 2.30. The Bertz CT molecular complexity index is 489. The van der Waals surface area contributed by atoms with Crippen LogP contribution in [0.25, 0.3) is 0 Å². The lowest BCUT2D eigenvalue weighted by molar-refractivity contribution is -0.125. The van der Waals surface area contributed by atoms with Crippen LogP contribution in [0.3, 0.4) is 0 Å². The summed E-state index contributed by atoms with van der Waals surface area (Å²) in [6, 6.07) is 7.72. The van der Waals surface area contributed by atoms with E-state index in [1.54, 1.807) is 0 Å². The molecule has 1 unspecified atom stereocenters. The number of benzene rings is 1. The highest BCUT2D eigenvalue weighted by atomic mass is 16.3. The van der Waals surface area contributed by atoms with E-state index < -0.39 is 6.10 Å². The SMILES string of the molecule is O=C(N[C@@H]1CCCC[C@H]1O)C1NCCc2ccccc21. The molecule has 1 aliphatic heterocycles. The topological polar surface area (TPSA) is 61.4 Å². The molecule has 1 saturated carbocycles. The first kappa shape index (κ1) is 13.6. The summed E-state index contributed by atoms with van der Waals surface area (Å²) in [6.07, 6.45) is 4.37. The first-order valence-corrected chi connectivity index (χ1v) is 7.55. The van der Waals surface area contributed by atoms with Gasteiger partial charge in [-0.1, -0.05) is 37.1 Å². The molecular formula is C16H22N2O2. The van der Waals surface area contributed by atoms with Gasteiger partial charge in [-0.3, -0.25) is 4.79 Å². The molecule has 0 radical (unpaired) electrons. The zero-order chi connectivity index (χ0) is 13.9. The molecular weight excluding hydrogens is 252 g/mol. The standard InChI is InChI=1S/C16H22N2O2/c19-14-8-4-3-7-13(14)18-16(20)15-12-6-2-1-5-11(12)9-10-17-15/h1-2,5-6,13-15,17,19H,3-4,7-10H2,(H,18,20)/t13-,14-,15?/m1/s1. The fourth-order valence-corrected chi connectivity index (χ4v) is 3.28. The van der Waals surface area contributed by atoms with E-state index in [9.17, 15) is 9.90 Å². The first-order valence-electron chi connectivity index (χ1n) is 7.55. The fourth-order valence-electron chi connectivity index (χ4n) is 3.28. The summed E-state index contributed by atoms with van der Waals surface area (Å²) in [5, 5.41) is 16.3. The molecule has 2 aliphatic rings. The Balaban J connectivity index is 1.72. The van der Waals surface area contributed by atoms with E-state index in [4.69, 9.17) is 0 Å². The maximum absolute atomic E-state index is 12.5. The number of rotatable bonds is 2. The van der Waals surface area contributed by atoms with Crippen LogP contribution in [0.5, 0.6) is 0 Å². The van der Waals surface area contributed by atoms with Gasteiger partial charge in [-0.15, -0.1) is 0 Å². The summed E-state index contributed by atoms with van der Waals surface area (Å²) < 4.78 is 0. The Hall–Kier alpha value is -1.39. The third kappa shape index (κ3) is 2.72. The molecule has 3 rings (SSSR count). The molecule has 3 N–H and O–H groups in total. The van der Waals surface area contributed by atoms with Crippen molar-refractivity contribution in [1.82, 2.24) is 10.6 Å². The minimum absolute atomic E-state index is 0.0110. The molecule has 1 aromatic carbocycles. The molecule has 0 bridgehead atoms. The van der Waals surface area contributed by atoms with E-state index in [0.717, 1.165) is 44.2 Å². The molecule has 1 fully saturated rings. The van der Waals surface area contributed by atoms with Crippen molar-refractivity contribution in [3.8, 4) is 0 Å². The van der Waals surface area contributed by atoms with Gasteiger partial charge in [0.25, 0.3) is 0 Å². The smallest absolute Gasteiger partial charge is 0.242 e. The predicted octanol–water partition coefficient (Wildman–Crippen LogP) is 1.29. The van der Waals surface area contributed by atoms with Crippen LogP contribution in [0.1, 0.15) is 42.9 Å². The number of hydrogen-bond acceptors (Lipinski definition) is 3. The maximum atomic E-state index is 12.5. The van der Waals surface area contributed by atoms with Crippen LogP contribution in [-0.4, -0.2) is 29.7 Å². The lowest BCUT2D eigenvalue weighted by Gasteiger charge is -2.32. The van der Waals surface area contributed by atoms with Crippen molar-refractivity contribution in [1.29, 1.82) is 0 Å². The van der Waals surface area contributed by atoms with Crippen LogP contribution in [0.4, 0.5) is 0 Å². The van der Waals surface area contributed by atoms with Gasteiger partial charge in [-0.25, -0.2) is 0 Å². The second-order valence-electron chi connectivity index (χ2n) is 5.80. The van der Waals surface area contributed by atoms with Gasteiger partial charge in [0.1, 0.15) is 6.04 Å². The summed E-state index contributed by atoms with van der Waals surface area (Å²) in [5.74, 6) is -0.0110. The number of nitrogens with one attached hydrogen (secondary N) is 2. The second-order valence-corrected chi connectivity index (χ2v) is 5.80. The number of carbonyl (C=O) groups is 1. The molecule has 0 aromatic heterocycles. The molecule has 1 aromatic rings. The predicted molar refractivity (Wildman–Crippen MR) is 77.3 cm³/mol. The van der Waals surface area contributed by atoms with Gasteiger partial charge in [-0.2, -0.15) is 0 Å². The minimum atomic E-state index is -0.397. The number of hydrogen-bond donors (Lipinski definition) is 3. The monoisotopic (exact) mass is 274 g/mol. The Morgan fingerprint density at radius 1 is 1.25 bits per heavy atom. The van der Waals surface area contributed by atoms with E-state index in [-0.39, 0.29) is 18.0 Å². The zero-order valence-electron chi connectivity index (χ0n) is 11.6. The Kier molecular flexibility index (Phi) is 4.03. The lowest BCUT2D eigenvalue weighted by atomic mass is 9.90. The average molecular weight is 274 g/mol. The van der Waals surface area contributed by atoms with Crippen molar-refractivity contribution in [3.63, 3.8) is 0 Å². The van der Waals surface area contributed by atoms with Gasteiger partial charge in [0, 0.05) is 6.54 Å².